The highest BCUT2D eigenvalue weighted by molar-refractivity contribution is 7.89. The second-order valence-corrected chi connectivity index (χ2v) is 9.98. The van der Waals surface area contributed by atoms with Crippen LogP contribution in [0.4, 0.5) is 5.69 Å². The first kappa shape index (κ1) is 25.2. The number of carbonyl (C=O) groups excluding carboxylic acids is 2. The number of primary sulfonamides is 1. The minimum Gasteiger partial charge on any atom is -0.449 e. The number of carbonyl (C=O) groups is 2. The SMILES string of the molecule is Cc1ccc(NC(=O)C(C)OC(=O)c2cc(C)n(Cc3ccc(S(N)(=O)=O)cc3)c2C)c(C)c1. The third kappa shape index (κ3) is 5.73. The molecule has 180 valence electrons. The Hall–Kier alpha value is -3.43. The van der Waals surface area contributed by atoms with Gasteiger partial charge in [-0.15, -0.1) is 0 Å². The van der Waals surface area contributed by atoms with Crippen molar-refractivity contribution in [3.05, 3.63) is 82.2 Å². The number of nitrogens with two attached hydrogens (primary N) is 1. The number of benzene rings is 2. The van der Waals surface area contributed by atoms with Gasteiger partial charge in [0.1, 0.15) is 0 Å². The Bertz CT molecular complexity index is 1340. The number of nitrogens with one attached hydrogen (secondary N) is 1. The van der Waals surface area contributed by atoms with Crippen LogP contribution in [0.3, 0.4) is 0 Å². The number of anilines is 1. The first-order valence-corrected chi connectivity index (χ1v) is 12.3. The summed E-state index contributed by atoms with van der Waals surface area (Å²) in [6.07, 6.45) is -0.984. The van der Waals surface area contributed by atoms with E-state index in [1.807, 2.05) is 43.5 Å². The van der Waals surface area contributed by atoms with Crippen LogP contribution < -0.4 is 10.5 Å². The van der Waals surface area contributed by atoms with Gasteiger partial charge in [0.2, 0.25) is 10.0 Å². The Morgan fingerprint density at radius 3 is 2.26 bits per heavy atom. The maximum absolute atomic E-state index is 12.8. The Labute approximate surface area is 199 Å². The van der Waals surface area contributed by atoms with Gasteiger partial charge in [-0.2, -0.15) is 0 Å². The molecule has 0 spiro atoms. The fraction of sp³-hybridized carbons (Fsp3) is 0.280. The van der Waals surface area contributed by atoms with Gasteiger partial charge in [-0.3, -0.25) is 4.79 Å². The average molecular weight is 484 g/mol. The first-order chi connectivity index (χ1) is 15.9. The van der Waals surface area contributed by atoms with Crippen LogP contribution in [0.2, 0.25) is 0 Å². The second kappa shape index (κ2) is 9.82. The normalized spacial score (nSPS) is 12.3. The molecule has 3 rings (SSSR count). The first-order valence-electron chi connectivity index (χ1n) is 10.7. The van der Waals surface area contributed by atoms with Crippen molar-refractivity contribution < 1.29 is 22.7 Å². The number of aryl methyl sites for hydroxylation is 3. The summed E-state index contributed by atoms with van der Waals surface area (Å²) >= 11 is 0. The number of rotatable bonds is 7. The summed E-state index contributed by atoms with van der Waals surface area (Å²) < 4.78 is 30.3. The largest absolute Gasteiger partial charge is 0.449 e. The van der Waals surface area contributed by atoms with Crippen molar-refractivity contribution in [1.82, 2.24) is 4.57 Å². The summed E-state index contributed by atoms with van der Waals surface area (Å²) in [7, 11) is -3.76. The van der Waals surface area contributed by atoms with E-state index in [-0.39, 0.29) is 4.90 Å². The van der Waals surface area contributed by atoms with Crippen molar-refractivity contribution in [2.24, 2.45) is 5.14 Å². The molecule has 0 aliphatic carbocycles. The van der Waals surface area contributed by atoms with Crippen molar-refractivity contribution in [2.45, 2.75) is 52.2 Å². The van der Waals surface area contributed by atoms with E-state index in [0.717, 1.165) is 22.4 Å². The summed E-state index contributed by atoms with van der Waals surface area (Å²) in [5, 5.41) is 7.95. The summed E-state index contributed by atoms with van der Waals surface area (Å²) in [5.41, 5.74) is 5.40. The molecule has 0 aliphatic heterocycles. The average Bonchev–Trinajstić information content (AvgIpc) is 3.03. The van der Waals surface area contributed by atoms with Crippen LogP contribution in [-0.4, -0.2) is 31.0 Å². The zero-order chi connectivity index (χ0) is 25.2. The fourth-order valence-electron chi connectivity index (χ4n) is 3.68. The van der Waals surface area contributed by atoms with Gasteiger partial charge in [-0.25, -0.2) is 18.4 Å². The van der Waals surface area contributed by atoms with Crippen LogP contribution in [0, 0.1) is 27.7 Å². The monoisotopic (exact) mass is 483 g/mol. The fourth-order valence-corrected chi connectivity index (χ4v) is 4.20. The lowest BCUT2D eigenvalue weighted by molar-refractivity contribution is -0.123. The Morgan fingerprint density at radius 2 is 1.68 bits per heavy atom. The standard InChI is InChI=1S/C25H29N3O5S/c1-15-6-11-23(16(2)12-15)27-24(29)19(5)33-25(30)22-13-17(3)28(18(22)4)14-20-7-9-21(10-8-20)34(26,31)32/h6-13,19H,14H2,1-5H3,(H,27,29)(H2,26,31,32). The molecule has 2 aromatic carbocycles. The third-order valence-electron chi connectivity index (χ3n) is 5.68. The van der Waals surface area contributed by atoms with E-state index >= 15 is 0 Å². The minimum atomic E-state index is -3.76. The lowest BCUT2D eigenvalue weighted by atomic mass is 10.1. The number of hydrogen-bond acceptors (Lipinski definition) is 5. The van der Waals surface area contributed by atoms with Crippen LogP contribution in [0.25, 0.3) is 0 Å². The number of esters is 1. The van der Waals surface area contributed by atoms with Gasteiger partial charge in [0.15, 0.2) is 6.10 Å². The molecule has 0 saturated carbocycles. The van der Waals surface area contributed by atoms with E-state index in [1.165, 1.54) is 19.1 Å². The zero-order valence-corrected chi connectivity index (χ0v) is 20.7. The van der Waals surface area contributed by atoms with Crippen LogP contribution in [0.5, 0.6) is 0 Å². The molecular weight excluding hydrogens is 454 g/mol. The molecule has 1 heterocycles. The Balaban J connectivity index is 1.70. The topological polar surface area (TPSA) is 120 Å². The number of ether oxygens (including phenoxy) is 1. The zero-order valence-electron chi connectivity index (χ0n) is 19.9. The van der Waals surface area contributed by atoms with Crippen LogP contribution in [0.15, 0.2) is 53.4 Å². The molecule has 1 unspecified atom stereocenters. The smallest absolute Gasteiger partial charge is 0.340 e. The molecule has 1 aromatic heterocycles. The number of aromatic nitrogens is 1. The molecule has 1 atom stereocenters. The van der Waals surface area contributed by atoms with E-state index in [1.54, 1.807) is 25.1 Å². The van der Waals surface area contributed by atoms with Gasteiger partial charge in [-0.05, 0) is 70.0 Å². The number of nitrogens with zero attached hydrogens (tertiary/aromatic N) is 1. The summed E-state index contributed by atoms with van der Waals surface area (Å²) in [6, 6.07) is 13.6. The van der Waals surface area contributed by atoms with E-state index in [0.29, 0.717) is 23.5 Å². The van der Waals surface area contributed by atoms with Gasteiger partial charge in [0.25, 0.3) is 5.91 Å². The summed E-state index contributed by atoms with van der Waals surface area (Å²) in [6.45, 7) is 9.48. The number of sulfonamides is 1. The van der Waals surface area contributed by atoms with Crippen molar-refractivity contribution in [3.8, 4) is 0 Å². The molecule has 0 radical (unpaired) electrons. The molecule has 0 fully saturated rings. The quantitative estimate of drug-likeness (QED) is 0.498. The Kier molecular flexibility index (Phi) is 7.28. The molecule has 9 heteroatoms. The summed E-state index contributed by atoms with van der Waals surface area (Å²) in [5.74, 6) is -1.00. The molecule has 0 bridgehead atoms. The van der Waals surface area contributed by atoms with Crippen molar-refractivity contribution in [2.75, 3.05) is 5.32 Å². The predicted molar refractivity (Wildman–Crippen MR) is 130 cm³/mol. The molecule has 34 heavy (non-hydrogen) atoms. The molecule has 1 amide bonds. The van der Waals surface area contributed by atoms with E-state index < -0.39 is 28.0 Å². The van der Waals surface area contributed by atoms with Gasteiger partial charge < -0.3 is 14.6 Å². The lowest BCUT2D eigenvalue weighted by Gasteiger charge is -2.15. The van der Waals surface area contributed by atoms with Crippen LogP contribution >= 0.6 is 0 Å². The molecule has 0 saturated heterocycles. The number of amides is 1. The highest BCUT2D eigenvalue weighted by atomic mass is 32.2. The van der Waals surface area contributed by atoms with Gasteiger partial charge in [0, 0.05) is 23.6 Å². The molecule has 0 aliphatic rings. The van der Waals surface area contributed by atoms with Gasteiger partial charge in [0.05, 0.1) is 10.5 Å². The molecule has 8 nitrogen and oxygen atoms in total. The van der Waals surface area contributed by atoms with E-state index in [9.17, 15) is 18.0 Å². The predicted octanol–water partition coefficient (Wildman–Crippen LogP) is 3.60. The van der Waals surface area contributed by atoms with Crippen molar-refractivity contribution in [3.63, 3.8) is 0 Å². The van der Waals surface area contributed by atoms with Crippen molar-refractivity contribution >= 4 is 27.6 Å². The van der Waals surface area contributed by atoms with E-state index in [4.69, 9.17) is 9.88 Å². The lowest BCUT2D eigenvalue weighted by Crippen LogP contribution is -2.30. The highest BCUT2D eigenvalue weighted by Crippen LogP contribution is 2.21. The second-order valence-electron chi connectivity index (χ2n) is 8.42. The van der Waals surface area contributed by atoms with Crippen molar-refractivity contribution in [1.29, 1.82) is 0 Å². The molecule has 3 aromatic rings. The van der Waals surface area contributed by atoms with Gasteiger partial charge in [-0.1, -0.05) is 29.8 Å². The maximum atomic E-state index is 12.8. The number of hydrogen-bond donors (Lipinski definition) is 2. The third-order valence-corrected chi connectivity index (χ3v) is 6.61. The minimum absolute atomic E-state index is 0.0366. The maximum Gasteiger partial charge on any atom is 0.340 e. The highest BCUT2D eigenvalue weighted by Gasteiger charge is 2.23. The van der Waals surface area contributed by atoms with Crippen LogP contribution in [-0.2, 0) is 26.1 Å². The Morgan fingerprint density at radius 1 is 1.03 bits per heavy atom. The van der Waals surface area contributed by atoms with E-state index in [2.05, 4.69) is 5.32 Å². The molecular formula is C25H29N3O5S. The van der Waals surface area contributed by atoms with Gasteiger partial charge >= 0.3 is 5.97 Å². The van der Waals surface area contributed by atoms with Crippen LogP contribution in [0.1, 0.15) is 45.4 Å². The molecule has 3 N–H and O–H groups in total. The summed E-state index contributed by atoms with van der Waals surface area (Å²) in [4.78, 5) is 25.4.